The van der Waals surface area contributed by atoms with E-state index in [2.05, 4.69) is 4.98 Å². The number of nitro groups is 1. The lowest BCUT2D eigenvalue weighted by molar-refractivity contribution is -0.384. The third-order valence-electron chi connectivity index (χ3n) is 5.97. The molecule has 0 N–H and O–H groups in total. The molecule has 0 unspecified atom stereocenters. The lowest BCUT2D eigenvalue weighted by atomic mass is 10.0. The van der Waals surface area contributed by atoms with Crippen LogP contribution < -0.4 is 15.9 Å². The molecule has 0 saturated heterocycles. The van der Waals surface area contributed by atoms with Gasteiger partial charge in [0.05, 0.1) is 23.4 Å². The van der Waals surface area contributed by atoms with Gasteiger partial charge >= 0.3 is 6.18 Å². The van der Waals surface area contributed by atoms with Crippen molar-refractivity contribution in [2.24, 2.45) is 0 Å². The quantitative estimate of drug-likeness (QED) is 0.202. The Hall–Kier alpha value is -4.55. The van der Waals surface area contributed by atoms with Crippen LogP contribution in [-0.4, -0.2) is 26.2 Å². The van der Waals surface area contributed by atoms with Crippen molar-refractivity contribution >= 4 is 16.6 Å². The lowest BCUT2D eigenvalue weighted by Crippen LogP contribution is -2.33. The molecule has 3 aromatic heterocycles. The first-order valence-corrected chi connectivity index (χ1v) is 11.2. The topological polar surface area (TPSA) is 109 Å². The Kier molecular flexibility index (Phi) is 6.55. The third-order valence-corrected chi connectivity index (χ3v) is 5.97. The molecule has 0 spiro atoms. The Morgan fingerprint density at radius 1 is 1.08 bits per heavy atom. The molecular weight excluding hydrogens is 512 g/mol. The standard InChI is InChI=1S/C25H20F4N4O5/c1-12(2)20-21(13(3)8-9-30-20)32-19(34)11-17(38-4)14-10-18(25(27,28)29)31(24(35)22(14)32)23-15(26)6-5-7-16(23)33(36)37/h5-12H,1-4H3. The fourth-order valence-corrected chi connectivity index (χ4v) is 4.35. The summed E-state index contributed by atoms with van der Waals surface area (Å²) in [5.74, 6) is -2.06. The van der Waals surface area contributed by atoms with Gasteiger partial charge in [0.15, 0.2) is 11.5 Å². The molecule has 1 aromatic carbocycles. The molecule has 9 nitrogen and oxygen atoms in total. The maximum Gasteiger partial charge on any atom is 0.431 e. The van der Waals surface area contributed by atoms with Crippen molar-refractivity contribution in [3.63, 3.8) is 0 Å². The van der Waals surface area contributed by atoms with Crippen LogP contribution in [0.2, 0.25) is 0 Å². The molecule has 0 atom stereocenters. The molecule has 0 aliphatic rings. The first kappa shape index (κ1) is 26.5. The van der Waals surface area contributed by atoms with Gasteiger partial charge in [-0.25, -0.2) is 4.39 Å². The number of halogens is 4. The van der Waals surface area contributed by atoms with E-state index >= 15 is 0 Å². The van der Waals surface area contributed by atoms with Crippen molar-refractivity contribution in [2.45, 2.75) is 32.9 Å². The Morgan fingerprint density at radius 2 is 1.76 bits per heavy atom. The van der Waals surface area contributed by atoms with Gasteiger partial charge in [0.25, 0.3) is 16.8 Å². The fourth-order valence-electron chi connectivity index (χ4n) is 4.35. The van der Waals surface area contributed by atoms with Crippen molar-refractivity contribution in [1.82, 2.24) is 14.1 Å². The molecule has 0 aliphatic heterocycles. The van der Waals surface area contributed by atoms with Crippen LogP contribution in [0.3, 0.4) is 0 Å². The smallest absolute Gasteiger partial charge is 0.431 e. The van der Waals surface area contributed by atoms with Crippen LogP contribution in [0.5, 0.6) is 5.75 Å². The highest BCUT2D eigenvalue weighted by Crippen LogP contribution is 2.37. The summed E-state index contributed by atoms with van der Waals surface area (Å²) >= 11 is 0. The van der Waals surface area contributed by atoms with Gasteiger partial charge in [0, 0.05) is 23.7 Å². The summed E-state index contributed by atoms with van der Waals surface area (Å²) in [5.41, 5.74) is -5.96. The number of aryl methyl sites for hydroxylation is 1. The van der Waals surface area contributed by atoms with Crippen LogP contribution >= 0.6 is 0 Å². The van der Waals surface area contributed by atoms with Crippen LogP contribution in [0.15, 0.2) is 52.2 Å². The minimum absolute atomic E-state index is 0.119. The van der Waals surface area contributed by atoms with Crippen molar-refractivity contribution < 1.29 is 27.2 Å². The Labute approximate surface area is 211 Å². The van der Waals surface area contributed by atoms with Crippen molar-refractivity contribution in [3.8, 4) is 17.1 Å². The SMILES string of the molecule is COc1cc(=O)n(-c2c(C)ccnc2C(C)C)c2c(=O)n(-c3c(F)cccc3[N+](=O)[O-])c(C(F)(F)F)cc12. The fraction of sp³-hybridized carbons (Fsp3) is 0.240. The van der Waals surface area contributed by atoms with Crippen LogP contribution in [0.4, 0.5) is 23.2 Å². The van der Waals surface area contributed by atoms with Crippen LogP contribution in [-0.2, 0) is 6.18 Å². The van der Waals surface area contributed by atoms with E-state index in [-0.39, 0.29) is 21.9 Å². The number of benzene rings is 1. The molecule has 0 radical (unpaired) electrons. The maximum absolute atomic E-state index is 15.0. The molecule has 4 rings (SSSR count). The van der Waals surface area contributed by atoms with Gasteiger partial charge in [0.2, 0.25) is 0 Å². The summed E-state index contributed by atoms with van der Waals surface area (Å²) in [6.45, 7) is 5.16. The number of alkyl halides is 3. The summed E-state index contributed by atoms with van der Waals surface area (Å²) in [6, 6.07) is 5.38. The minimum atomic E-state index is -5.26. The molecule has 3 heterocycles. The molecule has 0 fully saturated rings. The third kappa shape index (κ3) is 4.19. The Balaban J connectivity index is 2.37. The zero-order valence-electron chi connectivity index (χ0n) is 20.5. The van der Waals surface area contributed by atoms with Crippen LogP contribution in [0, 0.1) is 22.9 Å². The minimum Gasteiger partial charge on any atom is -0.496 e. The first-order chi connectivity index (χ1) is 17.8. The number of nitro benzene ring substituents is 1. The first-order valence-electron chi connectivity index (χ1n) is 11.2. The largest absolute Gasteiger partial charge is 0.496 e. The predicted molar refractivity (Wildman–Crippen MR) is 130 cm³/mol. The normalized spacial score (nSPS) is 11.8. The molecular formula is C25H20F4N4O5. The van der Waals surface area contributed by atoms with E-state index in [1.54, 1.807) is 26.8 Å². The zero-order valence-corrected chi connectivity index (χ0v) is 20.5. The Morgan fingerprint density at radius 3 is 2.34 bits per heavy atom. The molecule has 0 amide bonds. The highest BCUT2D eigenvalue weighted by molar-refractivity contribution is 5.87. The van der Waals surface area contributed by atoms with E-state index in [4.69, 9.17) is 4.74 Å². The number of hydrogen-bond donors (Lipinski definition) is 0. The number of hydrogen-bond acceptors (Lipinski definition) is 6. The van der Waals surface area contributed by atoms with Crippen LogP contribution in [0.1, 0.15) is 36.7 Å². The van der Waals surface area contributed by atoms with Crippen LogP contribution in [0.25, 0.3) is 22.3 Å². The molecule has 0 aliphatic carbocycles. The van der Waals surface area contributed by atoms with Crippen molar-refractivity contribution in [3.05, 3.63) is 96.2 Å². The highest BCUT2D eigenvalue weighted by Gasteiger charge is 2.39. The molecule has 198 valence electrons. The van der Waals surface area contributed by atoms with E-state index in [1.807, 2.05) is 0 Å². The summed E-state index contributed by atoms with van der Waals surface area (Å²) in [7, 11) is 1.11. The number of aromatic nitrogens is 3. The second-order valence-corrected chi connectivity index (χ2v) is 8.70. The number of nitrogens with zero attached hydrogens (tertiary/aromatic N) is 4. The molecule has 38 heavy (non-hydrogen) atoms. The number of ether oxygens (including phenoxy) is 1. The van der Waals surface area contributed by atoms with Gasteiger partial charge in [-0.05, 0) is 36.6 Å². The Bertz CT molecular complexity index is 1720. The molecule has 0 saturated carbocycles. The van der Waals surface area contributed by atoms with E-state index < -0.39 is 56.0 Å². The van der Waals surface area contributed by atoms with Gasteiger partial charge in [-0.2, -0.15) is 13.2 Å². The van der Waals surface area contributed by atoms with Gasteiger partial charge in [0.1, 0.15) is 17.0 Å². The van der Waals surface area contributed by atoms with Gasteiger partial charge in [-0.3, -0.25) is 33.8 Å². The van der Waals surface area contributed by atoms with E-state index in [0.717, 1.165) is 29.9 Å². The van der Waals surface area contributed by atoms with Gasteiger partial charge in [-0.1, -0.05) is 19.9 Å². The number of rotatable bonds is 5. The summed E-state index contributed by atoms with van der Waals surface area (Å²) in [6.07, 6.45) is -3.78. The van der Waals surface area contributed by atoms with Gasteiger partial charge < -0.3 is 4.74 Å². The monoisotopic (exact) mass is 532 g/mol. The number of fused-ring (bicyclic) bond motifs is 1. The number of para-hydroxylation sites is 1. The predicted octanol–water partition coefficient (Wildman–Crippen LogP) is 5.04. The van der Waals surface area contributed by atoms with E-state index in [0.29, 0.717) is 23.4 Å². The summed E-state index contributed by atoms with van der Waals surface area (Å²) in [4.78, 5) is 42.2. The maximum atomic E-state index is 15.0. The van der Waals surface area contributed by atoms with Gasteiger partial charge in [-0.15, -0.1) is 0 Å². The molecule has 13 heteroatoms. The molecule has 0 bridgehead atoms. The second-order valence-electron chi connectivity index (χ2n) is 8.70. The second kappa shape index (κ2) is 9.39. The highest BCUT2D eigenvalue weighted by atomic mass is 19.4. The zero-order chi connectivity index (χ0) is 28.1. The van der Waals surface area contributed by atoms with E-state index in [9.17, 15) is 37.3 Å². The molecule has 4 aromatic rings. The summed E-state index contributed by atoms with van der Waals surface area (Å²) < 4.78 is 63.8. The average Bonchev–Trinajstić information content (AvgIpc) is 2.83. The number of methoxy groups -OCH3 is 1. The van der Waals surface area contributed by atoms with Crippen molar-refractivity contribution in [2.75, 3.05) is 7.11 Å². The average molecular weight is 532 g/mol. The number of pyridine rings is 3. The van der Waals surface area contributed by atoms with E-state index in [1.165, 1.54) is 6.20 Å². The van der Waals surface area contributed by atoms with Crippen molar-refractivity contribution in [1.29, 1.82) is 0 Å². The lowest BCUT2D eigenvalue weighted by Gasteiger charge is -2.22. The summed E-state index contributed by atoms with van der Waals surface area (Å²) in [5, 5.41) is 11.2.